The Morgan fingerprint density at radius 3 is 2.54 bits per heavy atom. The number of tetrazole rings is 1. The number of aromatic nitrogens is 5. The average Bonchev–Trinajstić information content (AvgIpc) is 3.39. The number of aromatic amines is 1. The van der Waals surface area contributed by atoms with E-state index in [0.29, 0.717) is 30.2 Å². The van der Waals surface area contributed by atoms with Crippen molar-refractivity contribution in [3.05, 3.63) is 116 Å². The van der Waals surface area contributed by atoms with Gasteiger partial charge in [-0.3, -0.25) is 9.69 Å². The number of benzene rings is 3. The van der Waals surface area contributed by atoms with Gasteiger partial charge in [0, 0.05) is 29.2 Å². The molecule has 0 saturated carbocycles. The first kappa shape index (κ1) is 26.6. The third-order valence-corrected chi connectivity index (χ3v) is 7.33. The summed E-state index contributed by atoms with van der Waals surface area (Å²) >= 11 is 6.58. The smallest absolute Gasteiger partial charge is 0.252 e. The molecule has 3 aromatic carbocycles. The molecule has 200 valence electrons. The van der Waals surface area contributed by atoms with Gasteiger partial charge in [-0.1, -0.05) is 60.5 Å². The Labute approximate surface area is 232 Å². The zero-order valence-corrected chi connectivity index (χ0v) is 23.0. The van der Waals surface area contributed by atoms with Gasteiger partial charge in [-0.15, -0.1) is 5.10 Å². The van der Waals surface area contributed by atoms with E-state index in [1.54, 1.807) is 7.11 Å². The Balaban J connectivity index is 1.52. The summed E-state index contributed by atoms with van der Waals surface area (Å²) in [5.74, 6) is 1.53. The molecule has 0 bridgehead atoms. The van der Waals surface area contributed by atoms with Crippen LogP contribution in [0.1, 0.15) is 47.5 Å². The second-order valence-corrected chi connectivity index (χ2v) is 10.1. The van der Waals surface area contributed by atoms with Crippen molar-refractivity contribution in [3.63, 3.8) is 0 Å². The topological polar surface area (TPSA) is 88.9 Å². The van der Waals surface area contributed by atoms with E-state index in [2.05, 4.69) is 38.4 Å². The van der Waals surface area contributed by atoms with Gasteiger partial charge >= 0.3 is 0 Å². The highest BCUT2D eigenvalue weighted by atomic mass is 35.5. The fourth-order valence-corrected chi connectivity index (χ4v) is 5.10. The van der Waals surface area contributed by atoms with E-state index in [9.17, 15) is 4.79 Å². The third-order valence-electron chi connectivity index (χ3n) is 6.96. The Kier molecular flexibility index (Phi) is 8.05. The number of methoxy groups -OCH3 is 1. The van der Waals surface area contributed by atoms with Crippen LogP contribution >= 0.6 is 11.6 Å². The van der Waals surface area contributed by atoms with E-state index < -0.39 is 0 Å². The lowest BCUT2D eigenvalue weighted by Crippen LogP contribution is -2.32. The van der Waals surface area contributed by atoms with Crippen LogP contribution in [0.5, 0.6) is 5.75 Å². The summed E-state index contributed by atoms with van der Waals surface area (Å²) in [5.41, 5.74) is 4.55. The molecule has 1 N–H and O–H groups in total. The number of nitrogens with one attached hydrogen (secondary N) is 1. The molecule has 5 rings (SSSR count). The standard InChI is InChI=1S/C30H31ClN6O2/c1-4-28(29-33-34-35-37(29)17-21-10-12-25(39-3)13-11-21)36(18-22-7-5-6-8-26(22)31)19-24-16-23-15-20(2)9-14-27(23)32-30(24)38/h5-16,28H,4,17-19H2,1-3H3,(H,32,38). The number of hydrogen-bond donors (Lipinski definition) is 1. The maximum atomic E-state index is 13.2. The zero-order valence-electron chi connectivity index (χ0n) is 22.3. The fourth-order valence-electron chi connectivity index (χ4n) is 4.90. The first-order valence-electron chi connectivity index (χ1n) is 12.9. The van der Waals surface area contributed by atoms with Crippen molar-refractivity contribution in [3.8, 4) is 5.75 Å². The molecular weight excluding hydrogens is 512 g/mol. The van der Waals surface area contributed by atoms with Crippen molar-refractivity contribution in [1.82, 2.24) is 30.1 Å². The summed E-state index contributed by atoms with van der Waals surface area (Å²) in [5, 5.41) is 14.5. The van der Waals surface area contributed by atoms with Crippen LogP contribution < -0.4 is 10.3 Å². The van der Waals surface area contributed by atoms with E-state index in [1.807, 2.05) is 78.3 Å². The number of aryl methyl sites for hydroxylation is 1. The lowest BCUT2D eigenvalue weighted by Gasteiger charge is -2.30. The van der Waals surface area contributed by atoms with E-state index in [0.717, 1.165) is 45.6 Å². The third kappa shape index (κ3) is 6.02. The number of halogens is 1. The molecule has 0 fully saturated rings. The SMILES string of the molecule is CCC(c1nnnn1Cc1ccc(OC)cc1)N(Cc1ccccc1Cl)Cc1cc2cc(C)ccc2[nH]c1=O. The second-order valence-electron chi connectivity index (χ2n) is 9.68. The molecule has 0 radical (unpaired) electrons. The van der Waals surface area contributed by atoms with Crippen LogP contribution in [0.25, 0.3) is 10.9 Å². The predicted molar refractivity (Wildman–Crippen MR) is 153 cm³/mol. The fraction of sp³-hybridized carbons (Fsp3) is 0.267. The summed E-state index contributed by atoms with van der Waals surface area (Å²) in [7, 11) is 1.65. The van der Waals surface area contributed by atoms with Gasteiger partial charge in [0.15, 0.2) is 5.82 Å². The molecular formula is C30H31ClN6O2. The molecule has 39 heavy (non-hydrogen) atoms. The molecule has 1 unspecified atom stereocenters. The Hall–Kier alpha value is -4.01. The zero-order chi connectivity index (χ0) is 27.4. The molecule has 0 saturated heterocycles. The molecule has 2 heterocycles. The van der Waals surface area contributed by atoms with Crippen molar-refractivity contribution in [2.75, 3.05) is 7.11 Å². The number of pyridine rings is 1. The van der Waals surface area contributed by atoms with E-state index in [4.69, 9.17) is 16.3 Å². The van der Waals surface area contributed by atoms with Crippen LogP contribution in [0, 0.1) is 6.92 Å². The van der Waals surface area contributed by atoms with Crippen LogP contribution in [0.3, 0.4) is 0 Å². The molecule has 0 aliphatic heterocycles. The average molecular weight is 543 g/mol. The predicted octanol–water partition coefficient (Wildman–Crippen LogP) is 5.69. The van der Waals surface area contributed by atoms with Gasteiger partial charge in [-0.25, -0.2) is 4.68 Å². The van der Waals surface area contributed by atoms with Crippen LogP contribution in [0.2, 0.25) is 5.02 Å². The van der Waals surface area contributed by atoms with E-state index in [-0.39, 0.29) is 11.6 Å². The highest BCUT2D eigenvalue weighted by Gasteiger charge is 2.26. The minimum absolute atomic E-state index is 0.108. The minimum atomic E-state index is -0.165. The van der Waals surface area contributed by atoms with Crippen molar-refractivity contribution in [2.45, 2.75) is 45.9 Å². The van der Waals surface area contributed by atoms with Gasteiger partial charge in [0.1, 0.15) is 5.75 Å². The van der Waals surface area contributed by atoms with Gasteiger partial charge in [-0.2, -0.15) is 0 Å². The number of rotatable bonds is 10. The Bertz CT molecular complexity index is 1630. The number of fused-ring (bicyclic) bond motifs is 1. The number of hydrogen-bond acceptors (Lipinski definition) is 6. The Morgan fingerprint density at radius 2 is 1.79 bits per heavy atom. The number of ether oxygens (including phenoxy) is 1. The first-order chi connectivity index (χ1) is 18.9. The van der Waals surface area contributed by atoms with Crippen LogP contribution in [-0.2, 0) is 19.6 Å². The first-order valence-corrected chi connectivity index (χ1v) is 13.3. The van der Waals surface area contributed by atoms with Crippen molar-refractivity contribution < 1.29 is 4.74 Å². The van der Waals surface area contributed by atoms with Gasteiger partial charge in [0.05, 0.1) is 19.7 Å². The monoisotopic (exact) mass is 542 g/mol. The van der Waals surface area contributed by atoms with E-state index in [1.165, 1.54) is 0 Å². The number of H-pyrrole nitrogens is 1. The highest BCUT2D eigenvalue weighted by molar-refractivity contribution is 6.31. The van der Waals surface area contributed by atoms with Gasteiger partial charge in [-0.05, 0) is 76.7 Å². The van der Waals surface area contributed by atoms with Crippen molar-refractivity contribution in [2.24, 2.45) is 0 Å². The van der Waals surface area contributed by atoms with Gasteiger partial charge < -0.3 is 9.72 Å². The number of nitrogens with zero attached hydrogens (tertiary/aromatic N) is 5. The molecule has 5 aromatic rings. The quantitative estimate of drug-likeness (QED) is 0.244. The van der Waals surface area contributed by atoms with Crippen molar-refractivity contribution in [1.29, 1.82) is 0 Å². The molecule has 9 heteroatoms. The molecule has 2 aromatic heterocycles. The highest BCUT2D eigenvalue weighted by Crippen LogP contribution is 2.29. The molecule has 0 amide bonds. The lowest BCUT2D eigenvalue weighted by atomic mass is 10.1. The molecule has 0 aliphatic rings. The van der Waals surface area contributed by atoms with Gasteiger partial charge in [0.2, 0.25) is 0 Å². The van der Waals surface area contributed by atoms with Crippen LogP contribution in [0.15, 0.2) is 77.6 Å². The molecule has 0 aliphatic carbocycles. The maximum Gasteiger partial charge on any atom is 0.252 e. The lowest BCUT2D eigenvalue weighted by molar-refractivity contribution is 0.161. The summed E-state index contributed by atoms with van der Waals surface area (Å²) in [4.78, 5) is 18.4. The second kappa shape index (κ2) is 11.8. The van der Waals surface area contributed by atoms with Crippen LogP contribution in [-0.4, -0.2) is 37.2 Å². The largest absolute Gasteiger partial charge is 0.497 e. The molecule has 8 nitrogen and oxygen atoms in total. The van der Waals surface area contributed by atoms with Gasteiger partial charge in [0.25, 0.3) is 5.56 Å². The maximum absolute atomic E-state index is 13.2. The normalized spacial score (nSPS) is 12.2. The van der Waals surface area contributed by atoms with E-state index >= 15 is 0 Å². The Morgan fingerprint density at radius 1 is 1.03 bits per heavy atom. The minimum Gasteiger partial charge on any atom is -0.497 e. The van der Waals surface area contributed by atoms with Crippen LogP contribution in [0.4, 0.5) is 0 Å². The summed E-state index contributed by atoms with van der Waals surface area (Å²) < 4.78 is 7.11. The summed E-state index contributed by atoms with van der Waals surface area (Å²) in [6.45, 7) is 5.59. The van der Waals surface area contributed by atoms with Crippen molar-refractivity contribution >= 4 is 22.5 Å². The summed E-state index contributed by atoms with van der Waals surface area (Å²) in [6, 6.07) is 23.5. The molecule has 0 spiro atoms. The molecule has 1 atom stereocenters. The summed E-state index contributed by atoms with van der Waals surface area (Å²) in [6.07, 6.45) is 0.734.